The van der Waals surface area contributed by atoms with Crippen LogP contribution in [0.1, 0.15) is 45.4 Å². The molecule has 0 aromatic carbocycles. The van der Waals surface area contributed by atoms with Crippen molar-refractivity contribution in [2.24, 2.45) is 0 Å². The van der Waals surface area contributed by atoms with E-state index in [1.165, 1.54) is 0 Å². The fraction of sp³-hybridized carbons (Fsp3) is 0.917. The average Bonchev–Trinajstić information content (AvgIpc) is 2.78. The first kappa shape index (κ1) is 13.8. The van der Waals surface area contributed by atoms with Crippen molar-refractivity contribution in [2.45, 2.75) is 57.6 Å². The lowest BCUT2D eigenvalue weighted by molar-refractivity contribution is -0.122. The summed E-state index contributed by atoms with van der Waals surface area (Å²) in [5.41, 5.74) is 0. The topological polar surface area (TPSA) is 38.3 Å². The van der Waals surface area contributed by atoms with E-state index in [1.54, 1.807) is 0 Å². The zero-order valence-corrected chi connectivity index (χ0v) is 10.8. The minimum Gasteiger partial charge on any atom is -0.378 e. The number of carbonyl (C=O) groups is 1. The number of alkyl halides is 1. The fourth-order valence-corrected chi connectivity index (χ4v) is 2.24. The molecule has 16 heavy (non-hydrogen) atoms. The molecule has 1 heterocycles. The number of carbonyl (C=O) groups excluding carboxylic acids is 1. The highest BCUT2D eigenvalue weighted by Gasteiger charge is 2.17. The Bertz CT molecular complexity index is 205. The molecule has 0 aromatic rings. The lowest BCUT2D eigenvalue weighted by Gasteiger charge is -2.16. The van der Waals surface area contributed by atoms with Crippen LogP contribution in [0, 0.1) is 0 Å². The molecule has 0 bridgehead atoms. The van der Waals surface area contributed by atoms with Gasteiger partial charge in [-0.25, -0.2) is 0 Å². The molecule has 0 saturated carbocycles. The van der Waals surface area contributed by atoms with E-state index in [9.17, 15) is 4.79 Å². The molecule has 1 fully saturated rings. The fourth-order valence-electron chi connectivity index (χ4n) is 1.97. The monoisotopic (exact) mass is 247 g/mol. The molecule has 1 saturated heterocycles. The van der Waals surface area contributed by atoms with Gasteiger partial charge >= 0.3 is 0 Å². The number of amides is 1. The third kappa shape index (κ3) is 5.17. The van der Waals surface area contributed by atoms with Crippen LogP contribution in [0.25, 0.3) is 0 Å². The van der Waals surface area contributed by atoms with E-state index in [-0.39, 0.29) is 11.9 Å². The molecule has 0 aliphatic carbocycles. The van der Waals surface area contributed by atoms with Gasteiger partial charge in [0.1, 0.15) is 0 Å². The molecule has 1 aliphatic rings. The normalized spacial score (nSPS) is 22.0. The average molecular weight is 248 g/mol. The van der Waals surface area contributed by atoms with Gasteiger partial charge in [0.2, 0.25) is 5.91 Å². The van der Waals surface area contributed by atoms with Gasteiger partial charge in [-0.1, -0.05) is 6.92 Å². The molecular formula is C12H22ClNO2. The zero-order chi connectivity index (χ0) is 11.8. The molecule has 2 unspecified atom stereocenters. The largest absolute Gasteiger partial charge is 0.378 e. The van der Waals surface area contributed by atoms with E-state index >= 15 is 0 Å². The maximum atomic E-state index is 11.6. The van der Waals surface area contributed by atoms with Gasteiger partial charge in [0.25, 0.3) is 0 Å². The lowest BCUT2D eigenvalue weighted by Crippen LogP contribution is -2.35. The number of hydrogen-bond acceptors (Lipinski definition) is 2. The lowest BCUT2D eigenvalue weighted by atomic mass is 10.1. The molecule has 0 spiro atoms. The number of hydrogen-bond donors (Lipinski definition) is 1. The Labute approximate surface area is 103 Å². The molecule has 1 aliphatic heterocycles. The van der Waals surface area contributed by atoms with E-state index in [0.717, 1.165) is 38.7 Å². The quantitative estimate of drug-likeness (QED) is 0.702. The van der Waals surface area contributed by atoms with E-state index in [4.69, 9.17) is 16.3 Å². The molecular weight excluding hydrogens is 226 g/mol. The van der Waals surface area contributed by atoms with Crippen molar-refractivity contribution in [3.63, 3.8) is 0 Å². The summed E-state index contributed by atoms with van der Waals surface area (Å²) >= 11 is 5.67. The summed E-state index contributed by atoms with van der Waals surface area (Å²) in [6.45, 7) is 2.92. The van der Waals surface area contributed by atoms with E-state index in [2.05, 4.69) is 12.2 Å². The van der Waals surface area contributed by atoms with Crippen LogP contribution in [-0.2, 0) is 9.53 Å². The first-order valence-corrected chi connectivity index (χ1v) is 6.76. The summed E-state index contributed by atoms with van der Waals surface area (Å²) < 4.78 is 5.48. The predicted molar refractivity (Wildman–Crippen MR) is 65.8 cm³/mol. The second-order valence-corrected chi connectivity index (χ2v) is 4.70. The van der Waals surface area contributed by atoms with Gasteiger partial charge in [0.15, 0.2) is 0 Å². The Morgan fingerprint density at radius 1 is 1.62 bits per heavy atom. The third-order valence-electron chi connectivity index (χ3n) is 3.03. The molecule has 0 radical (unpaired) electrons. The Kier molecular flexibility index (Phi) is 6.81. The molecule has 1 N–H and O–H groups in total. The summed E-state index contributed by atoms with van der Waals surface area (Å²) in [5.74, 6) is 0.734. The summed E-state index contributed by atoms with van der Waals surface area (Å²) in [6.07, 6.45) is 5.76. The van der Waals surface area contributed by atoms with Crippen LogP contribution in [0.3, 0.4) is 0 Å². The number of rotatable bonds is 7. The van der Waals surface area contributed by atoms with Gasteiger partial charge in [-0.3, -0.25) is 4.79 Å². The molecule has 2 atom stereocenters. The highest BCUT2D eigenvalue weighted by atomic mass is 35.5. The maximum Gasteiger partial charge on any atom is 0.220 e. The van der Waals surface area contributed by atoms with Crippen molar-refractivity contribution in [3.05, 3.63) is 0 Å². The Morgan fingerprint density at radius 3 is 3.00 bits per heavy atom. The minimum atomic E-state index is 0.132. The highest BCUT2D eigenvalue weighted by molar-refractivity contribution is 6.17. The standard InChI is InChI=1S/C12H22ClNO2/c1-2-10(7-8-13)14-12(15)6-5-11-4-3-9-16-11/h10-11H,2-9H2,1H3,(H,14,15). The van der Waals surface area contributed by atoms with Crippen LogP contribution < -0.4 is 5.32 Å². The first-order chi connectivity index (χ1) is 7.76. The summed E-state index contributed by atoms with van der Waals surface area (Å²) in [6, 6.07) is 0.231. The maximum absolute atomic E-state index is 11.6. The molecule has 94 valence electrons. The van der Waals surface area contributed by atoms with Crippen LogP contribution in [0.2, 0.25) is 0 Å². The van der Waals surface area contributed by atoms with Gasteiger partial charge in [0, 0.05) is 24.9 Å². The van der Waals surface area contributed by atoms with E-state index in [0.29, 0.717) is 18.4 Å². The molecule has 1 rings (SSSR count). The Morgan fingerprint density at radius 2 is 2.44 bits per heavy atom. The van der Waals surface area contributed by atoms with Crippen molar-refractivity contribution in [1.29, 1.82) is 0 Å². The van der Waals surface area contributed by atoms with E-state index in [1.807, 2.05) is 0 Å². The summed E-state index contributed by atoms with van der Waals surface area (Å²) in [5, 5.41) is 3.01. The van der Waals surface area contributed by atoms with Crippen molar-refractivity contribution in [3.8, 4) is 0 Å². The van der Waals surface area contributed by atoms with Gasteiger partial charge in [0.05, 0.1) is 6.10 Å². The van der Waals surface area contributed by atoms with Gasteiger partial charge < -0.3 is 10.1 Å². The molecule has 0 aromatic heterocycles. The number of ether oxygens (including phenoxy) is 1. The van der Waals surface area contributed by atoms with Gasteiger partial charge in [-0.05, 0) is 32.1 Å². The SMILES string of the molecule is CCC(CCCl)NC(=O)CCC1CCCO1. The van der Waals surface area contributed by atoms with Crippen LogP contribution in [0.4, 0.5) is 0 Å². The van der Waals surface area contributed by atoms with Crippen molar-refractivity contribution >= 4 is 17.5 Å². The molecule has 1 amide bonds. The number of halogens is 1. The molecule has 4 heteroatoms. The van der Waals surface area contributed by atoms with Crippen molar-refractivity contribution in [2.75, 3.05) is 12.5 Å². The van der Waals surface area contributed by atoms with Crippen molar-refractivity contribution < 1.29 is 9.53 Å². The third-order valence-corrected chi connectivity index (χ3v) is 3.25. The van der Waals surface area contributed by atoms with E-state index < -0.39 is 0 Å². The second kappa shape index (κ2) is 7.91. The van der Waals surface area contributed by atoms with Crippen LogP contribution >= 0.6 is 11.6 Å². The second-order valence-electron chi connectivity index (χ2n) is 4.32. The minimum absolute atomic E-state index is 0.132. The van der Waals surface area contributed by atoms with Crippen LogP contribution in [0.5, 0.6) is 0 Å². The Balaban J connectivity index is 2.13. The highest BCUT2D eigenvalue weighted by Crippen LogP contribution is 2.16. The Hall–Kier alpha value is -0.280. The van der Waals surface area contributed by atoms with Crippen LogP contribution in [-0.4, -0.2) is 30.5 Å². The van der Waals surface area contributed by atoms with Gasteiger partial charge in [-0.2, -0.15) is 0 Å². The number of nitrogens with one attached hydrogen (secondary N) is 1. The predicted octanol–water partition coefficient (Wildman–Crippen LogP) is 2.47. The summed E-state index contributed by atoms with van der Waals surface area (Å²) in [7, 11) is 0. The summed E-state index contributed by atoms with van der Waals surface area (Å²) in [4.78, 5) is 11.6. The van der Waals surface area contributed by atoms with Gasteiger partial charge in [-0.15, -0.1) is 11.6 Å². The zero-order valence-electron chi connectivity index (χ0n) is 10.0. The van der Waals surface area contributed by atoms with Crippen LogP contribution in [0.15, 0.2) is 0 Å². The first-order valence-electron chi connectivity index (χ1n) is 6.23. The van der Waals surface area contributed by atoms with Crippen molar-refractivity contribution in [1.82, 2.24) is 5.32 Å². The smallest absolute Gasteiger partial charge is 0.220 e. The molecule has 3 nitrogen and oxygen atoms in total.